The number of alkyl halides is 3. The van der Waals surface area contributed by atoms with Gasteiger partial charge < -0.3 is 19.3 Å². The van der Waals surface area contributed by atoms with Gasteiger partial charge in [-0.3, -0.25) is 4.79 Å². The average Bonchev–Trinajstić information content (AvgIpc) is 3.20. The minimum Gasteiger partial charge on any atom is -0.482 e. The van der Waals surface area contributed by atoms with Crippen molar-refractivity contribution in [1.29, 1.82) is 0 Å². The first kappa shape index (κ1) is 22.4. The lowest BCUT2D eigenvalue weighted by atomic mass is 10.0. The molecule has 164 valence electrons. The van der Waals surface area contributed by atoms with Gasteiger partial charge in [-0.05, 0) is 35.3 Å². The number of rotatable bonds is 7. The highest BCUT2D eigenvalue weighted by atomic mass is 35.5. The van der Waals surface area contributed by atoms with E-state index in [0.717, 1.165) is 11.8 Å². The summed E-state index contributed by atoms with van der Waals surface area (Å²) in [4.78, 5) is 16.4. The first-order valence-corrected chi connectivity index (χ1v) is 9.28. The quantitative estimate of drug-likeness (QED) is 0.561. The summed E-state index contributed by atoms with van der Waals surface area (Å²) in [7, 11) is 1.42. The van der Waals surface area contributed by atoms with E-state index in [4.69, 9.17) is 25.6 Å². The molecule has 0 saturated heterocycles. The van der Waals surface area contributed by atoms with Gasteiger partial charge in [0.2, 0.25) is 0 Å². The van der Waals surface area contributed by atoms with E-state index >= 15 is 0 Å². The van der Waals surface area contributed by atoms with E-state index in [1.54, 1.807) is 25.1 Å². The summed E-state index contributed by atoms with van der Waals surface area (Å²) in [6.45, 7) is 0.298. The van der Waals surface area contributed by atoms with Crippen LogP contribution in [0.15, 0.2) is 41.1 Å². The number of pyridine rings is 1. The Morgan fingerprint density at radius 3 is 2.68 bits per heavy atom. The lowest BCUT2D eigenvalue weighted by Gasteiger charge is -2.15. The first-order chi connectivity index (χ1) is 14.7. The molecule has 1 aromatic carbocycles. The summed E-state index contributed by atoms with van der Waals surface area (Å²) in [5.41, 5.74) is 1.48. The van der Waals surface area contributed by atoms with E-state index in [1.807, 2.05) is 0 Å². The van der Waals surface area contributed by atoms with Crippen LogP contribution in [0.4, 0.5) is 13.2 Å². The zero-order chi connectivity index (χ0) is 22.6. The molecule has 0 radical (unpaired) electrons. The van der Waals surface area contributed by atoms with E-state index in [2.05, 4.69) is 15.5 Å². The maximum absolute atomic E-state index is 12.6. The van der Waals surface area contributed by atoms with Gasteiger partial charge in [0, 0.05) is 16.7 Å². The van der Waals surface area contributed by atoms with Gasteiger partial charge in [0.25, 0.3) is 11.8 Å². The van der Waals surface area contributed by atoms with Crippen molar-refractivity contribution in [3.8, 4) is 22.8 Å². The molecule has 3 aromatic rings. The molecule has 0 aliphatic rings. The highest BCUT2D eigenvalue weighted by molar-refractivity contribution is 6.31. The fourth-order valence-corrected chi connectivity index (χ4v) is 2.74. The number of benzene rings is 1. The minimum atomic E-state index is -4.53. The predicted molar refractivity (Wildman–Crippen MR) is 105 cm³/mol. The lowest BCUT2D eigenvalue weighted by Crippen LogP contribution is -2.24. The Morgan fingerprint density at radius 2 is 2.03 bits per heavy atom. The fraction of sp³-hybridized carbons (Fsp3) is 0.250. The molecule has 0 bridgehead atoms. The Labute approximate surface area is 180 Å². The number of hydrogen-bond acceptors (Lipinski definition) is 6. The molecular formula is C20H17ClF3N3O4. The molecule has 1 amide bonds. The number of ether oxygens (including phenoxy) is 2. The Kier molecular flexibility index (Phi) is 6.69. The third-order valence-corrected chi connectivity index (χ3v) is 4.55. The number of hydrogen-bond donors (Lipinski definition) is 1. The Morgan fingerprint density at radius 1 is 1.26 bits per heavy atom. The molecule has 0 aliphatic carbocycles. The van der Waals surface area contributed by atoms with Crippen LogP contribution in [0.3, 0.4) is 0 Å². The maximum Gasteiger partial charge on any atom is 0.422 e. The molecule has 7 nitrogen and oxygen atoms in total. The molecule has 1 N–H and O–H groups in total. The number of methoxy groups -OCH3 is 1. The number of aromatic nitrogens is 2. The third-order valence-electron chi connectivity index (χ3n) is 4.14. The zero-order valence-electron chi connectivity index (χ0n) is 16.4. The molecule has 31 heavy (non-hydrogen) atoms. The van der Waals surface area contributed by atoms with Crippen molar-refractivity contribution < 1.29 is 32.0 Å². The molecular weight excluding hydrogens is 439 g/mol. The van der Waals surface area contributed by atoms with Crippen molar-refractivity contribution in [3.05, 3.63) is 58.6 Å². The van der Waals surface area contributed by atoms with Crippen molar-refractivity contribution in [3.63, 3.8) is 0 Å². The number of nitrogens with zero attached hydrogens (tertiary/aromatic N) is 2. The maximum atomic E-state index is 12.6. The van der Waals surface area contributed by atoms with Gasteiger partial charge in [-0.25, -0.2) is 4.98 Å². The third kappa shape index (κ3) is 5.88. The van der Waals surface area contributed by atoms with E-state index < -0.39 is 18.7 Å². The largest absolute Gasteiger partial charge is 0.482 e. The number of nitrogens with one attached hydrogen (secondary N) is 1. The molecule has 11 heteroatoms. The van der Waals surface area contributed by atoms with Crippen molar-refractivity contribution >= 4 is 17.5 Å². The average molecular weight is 456 g/mol. The summed E-state index contributed by atoms with van der Waals surface area (Å²) in [6.07, 6.45) is -3.46. The number of halogens is 4. The molecule has 0 saturated carbocycles. The van der Waals surface area contributed by atoms with Crippen LogP contribution in [-0.4, -0.2) is 35.9 Å². The SMILES string of the molecule is COc1cc(CNC(=O)c2cc(-c3ccc(C)c(Cl)c3)c(OCC(F)(F)F)cn2)on1. The van der Waals surface area contributed by atoms with Crippen LogP contribution in [0.25, 0.3) is 11.1 Å². The smallest absolute Gasteiger partial charge is 0.422 e. The highest BCUT2D eigenvalue weighted by Gasteiger charge is 2.29. The summed E-state index contributed by atoms with van der Waals surface area (Å²) in [5.74, 6) is -0.0982. The molecule has 2 heterocycles. The number of aryl methyl sites for hydroxylation is 1. The van der Waals surface area contributed by atoms with Crippen LogP contribution >= 0.6 is 11.6 Å². The van der Waals surface area contributed by atoms with Gasteiger partial charge in [0.05, 0.1) is 19.9 Å². The Hall–Kier alpha value is -3.27. The summed E-state index contributed by atoms with van der Waals surface area (Å²) >= 11 is 6.16. The normalized spacial score (nSPS) is 11.3. The van der Waals surface area contributed by atoms with Crippen molar-refractivity contribution in [2.45, 2.75) is 19.6 Å². The van der Waals surface area contributed by atoms with E-state index in [9.17, 15) is 18.0 Å². The van der Waals surface area contributed by atoms with E-state index in [1.165, 1.54) is 19.2 Å². The van der Waals surface area contributed by atoms with Gasteiger partial charge >= 0.3 is 6.18 Å². The van der Waals surface area contributed by atoms with Gasteiger partial charge in [-0.15, -0.1) is 0 Å². The Balaban J connectivity index is 1.87. The van der Waals surface area contributed by atoms with Crippen LogP contribution in [0.5, 0.6) is 11.6 Å². The molecule has 0 fully saturated rings. The number of amides is 1. The van der Waals surface area contributed by atoms with Crippen LogP contribution in [0, 0.1) is 6.92 Å². The second-order valence-corrected chi connectivity index (χ2v) is 6.86. The molecule has 2 aromatic heterocycles. The fourth-order valence-electron chi connectivity index (χ4n) is 2.56. The van der Waals surface area contributed by atoms with Crippen LogP contribution in [0.2, 0.25) is 5.02 Å². The number of carbonyl (C=O) groups is 1. The molecule has 0 aliphatic heterocycles. The second-order valence-electron chi connectivity index (χ2n) is 6.45. The molecule has 0 spiro atoms. The van der Waals surface area contributed by atoms with Crippen molar-refractivity contribution in [2.24, 2.45) is 0 Å². The summed E-state index contributed by atoms with van der Waals surface area (Å²) in [6, 6.07) is 7.79. The zero-order valence-corrected chi connectivity index (χ0v) is 17.2. The number of carbonyl (C=O) groups excluding carboxylic acids is 1. The van der Waals surface area contributed by atoms with Crippen LogP contribution < -0.4 is 14.8 Å². The second kappa shape index (κ2) is 9.25. The minimum absolute atomic E-state index is 0.00882. The first-order valence-electron chi connectivity index (χ1n) is 8.90. The standard InChI is InChI=1S/C20H17ClF3N3O4/c1-11-3-4-12(5-15(11)21)14-7-16(25-9-17(14)30-10-20(22,23)24)19(28)26-8-13-6-18(29-2)27-31-13/h3-7,9H,8,10H2,1-2H3,(H,26,28). The summed E-state index contributed by atoms with van der Waals surface area (Å²) in [5, 5.41) is 6.63. The lowest BCUT2D eigenvalue weighted by molar-refractivity contribution is -0.153. The van der Waals surface area contributed by atoms with Gasteiger partial charge in [-0.2, -0.15) is 13.2 Å². The van der Waals surface area contributed by atoms with Crippen LogP contribution in [-0.2, 0) is 6.54 Å². The van der Waals surface area contributed by atoms with Gasteiger partial charge in [0.1, 0.15) is 11.4 Å². The van der Waals surface area contributed by atoms with Crippen molar-refractivity contribution in [2.75, 3.05) is 13.7 Å². The van der Waals surface area contributed by atoms with Gasteiger partial charge in [0.15, 0.2) is 12.4 Å². The monoisotopic (exact) mass is 455 g/mol. The molecule has 3 rings (SSSR count). The molecule has 0 unspecified atom stereocenters. The van der Waals surface area contributed by atoms with Crippen LogP contribution in [0.1, 0.15) is 21.8 Å². The topological polar surface area (TPSA) is 86.5 Å². The van der Waals surface area contributed by atoms with E-state index in [0.29, 0.717) is 16.3 Å². The Bertz CT molecular complexity index is 1090. The summed E-state index contributed by atoms with van der Waals surface area (Å²) < 4.78 is 52.7. The predicted octanol–water partition coefficient (Wildman–Crippen LogP) is 4.58. The van der Waals surface area contributed by atoms with Crippen molar-refractivity contribution in [1.82, 2.24) is 15.5 Å². The molecule has 0 atom stereocenters. The van der Waals surface area contributed by atoms with E-state index in [-0.39, 0.29) is 29.4 Å². The highest BCUT2D eigenvalue weighted by Crippen LogP contribution is 2.33. The van der Waals surface area contributed by atoms with Gasteiger partial charge in [-0.1, -0.05) is 23.7 Å².